The Kier molecular flexibility index (Phi) is 7.63. The quantitative estimate of drug-likeness (QED) is 0.530. The SMILES string of the molecule is CC1CCN(c2cc(N3CCCCC3)nc(NC(=S)NC3CCCCCC3)n2)CC1. The van der Waals surface area contributed by atoms with E-state index in [1.54, 1.807) is 0 Å². The summed E-state index contributed by atoms with van der Waals surface area (Å²) in [5, 5.41) is 7.51. The van der Waals surface area contributed by atoms with Crippen LogP contribution in [0.3, 0.4) is 0 Å². The van der Waals surface area contributed by atoms with E-state index < -0.39 is 0 Å². The van der Waals surface area contributed by atoms with E-state index in [9.17, 15) is 0 Å². The number of anilines is 3. The lowest BCUT2D eigenvalue weighted by atomic mass is 9.99. The minimum Gasteiger partial charge on any atom is -0.360 e. The molecule has 0 radical (unpaired) electrons. The van der Waals surface area contributed by atoms with Crippen molar-refractivity contribution >= 4 is 34.9 Å². The average molecular weight is 431 g/mol. The van der Waals surface area contributed by atoms with Crippen molar-refractivity contribution in [3.63, 3.8) is 0 Å². The average Bonchev–Trinajstić information content (AvgIpc) is 3.03. The summed E-state index contributed by atoms with van der Waals surface area (Å²) in [6.07, 6.45) is 13.9. The van der Waals surface area contributed by atoms with Gasteiger partial charge in [-0.3, -0.25) is 0 Å². The summed E-state index contributed by atoms with van der Waals surface area (Å²) in [6, 6.07) is 2.66. The Bertz CT molecular complexity index is 689. The highest BCUT2D eigenvalue weighted by Gasteiger charge is 2.21. The van der Waals surface area contributed by atoms with Gasteiger partial charge in [-0.1, -0.05) is 32.6 Å². The molecule has 7 heteroatoms. The molecule has 4 rings (SSSR count). The van der Waals surface area contributed by atoms with Crippen molar-refractivity contribution in [3.05, 3.63) is 6.07 Å². The van der Waals surface area contributed by atoms with Gasteiger partial charge in [0.25, 0.3) is 0 Å². The number of thiocarbonyl (C=S) groups is 1. The Hall–Kier alpha value is -1.63. The van der Waals surface area contributed by atoms with Crippen LogP contribution in [0, 0.1) is 5.92 Å². The highest BCUT2D eigenvalue weighted by molar-refractivity contribution is 7.80. The lowest BCUT2D eigenvalue weighted by Crippen LogP contribution is -2.38. The number of aromatic nitrogens is 2. The van der Waals surface area contributed by atoms with E-state index >= 15 is 0 Å². The molecular formula is C23H38N6S. The summed E-state index contributed by atoms with van der Waals surface area (Å²) in [5.41, 5.74) is 0. The molecule has 3 fully saturated rings. The summed E-state index contributed by atoms with van der Waals surface area (Å²) in [6.45, 7) is 6.65. The van der Waals surface area contributed by atoms with Crippen LogP contribution in [-0.4, -0.2) is 47.3 Å². The first kappa shape index (κ1) is 21.6. The summed E-state index contributed by atoms with van der Waals surface area (Å²) < 4.78 is 0. The number of hydrogen-bond acceptors (Lipinski definition) is 5. The van der Waals surface area contributed by atoms with E-state index in [0.29, 0.717) is 17.1 Å². The summed E-state index contributed by atoms with van der Waals surface area (Å²) in [5.74, 6) is 3.52. The zero-order valence-corrected chi connectivity index (χ0v) is 19.4. The smallest absolute Gasteiger partial charge is 0.232 e. The normalized spacial score (nSPS) is 21.9. The fourth-order valence-corrected chi connectivity index (χ4v) is 5.17. The summed E-state index contributed by atoms with van der Waals surface area (Å²) in [7, 11) is 0. The molecule has 1 aliphatic carbocycles. The highest BCUT2D eigenvalue weighted by atomic mass is 32.1. The van der Waals surface area contributed by atoms with E-state index in [-0.39, 0.29) is 0 Å². The van der Waals surface area contributed by atoms with E-state index in [0.717, 1.165) is 43.7 Å². The van der Waals surface area contributed by atoms with Gasteiger partial charge < -0.3 is 20.4 Å². The number of rotatable bonds is 4. The fraction of sp³-hybridized carbons (Fsp3) is 0.783. The van der Waals surface area contributed by atoms with Crippen LogP contribution < -0.4 is 20.4 Å². The molecular weight excluding hydrogens is 392 g/mol. The van der Waals surface area contributed by atoms with Crippen LogP contribution in [0.25, 0.3) is 0 Å². The molecule has 0 bridgehead atoms. The maximum atomic E-state index is 5.65. The van der Waals surface area contributed by atoms with Crippen LogP contribution in [-0.2, 0) is 0 Å². The van der Waals surface area contributed by atoms with E-state index in [4.69, 9.17) is 22.2 Å². The Balaban J connectivity index is 1.48. The molecule has 0 amide bonds. The molecule has 3 heterocycles. The third-order valence-corrected chi connectivity index (χ3v) is 7.12. The minimum absolute atomic E-state index is 0.473. The van der Waals surface area contributed by atoms with Crippen LogP contribution >= 0.6 is 12.2 Å². The van der Waals surface area contributed by atoms with E-state index in [2.05, 4.69) is 33.4 Å². The third-order valence-electron chi connectivity index (χ3n) is 6.90. The van der Waals surface area contributed by atoms with Gasteiger partial charge in [0, 0.05) is 38.3 Å². The van der Waals surface area contributed by atoms with Crippen molar-refractivity contribution in [2.75, 3.05) is 41.3 Å². The van der Waals surface area contributed by atoms with Crippen molar-refractivity contribution in [1.82, 2.24) is 15.3 Å². The van der Waals surface area contributed by atoms with Gasteiger partial charge in [0.2, 0.25) is 5.95 Å². The second-order valence-electron chi connectivity index (χ2n) is 9.41. The maximum absolute atomic E-state index is 5.65. The second-order valence-corrected chi connectivity index (χ2v) is 9.82. The van der Waals surface area contributed by atoms with Gasteiger partial charge in [0.1, 0.15) is 11.6 Å². The molecule has 0 unspecified atom stereocenters. The molecule has 2 aliphatic heterocycles. The van der Waals surface area contributed by atoms with Crippen molar-refractivity contribution in [2.24, 2.45) is 5.92 Å². The standard InChI is InChI=1S/C23H38N6S/c1-18-11-15-29(16-12-18)21-17-20(28-13-7-4-8-14-28)25-22(26-21)27-23(30)24-19-9-5-2-3-6-10-19/h17-19H,2-16H2,1H3,(H2,24,25,26,27,30). The first-order valence-electron chi connectivity index (χ1n) is 12.1. The van der Waals surface area contributed by atoms with Crippen LogP contribution in [0.5, 0.6) is 0 Å². The Labute approximate surface area is 187 Å². The molecule has 166 valence electrons. The molecule has 1 aromatic heterocycles. The Morgan fingerprint density at radius 1 is 0.833 bits per heavy atom. The zero-order chi connectivity index (χ0) is 20.8. The number of nitrogens with one attached hydrogen (secondary N) is 2. The monoisotopic (exact) mass is 430 g/mol. The van der Waals surface area contributed by atoms with Gasteiger partial charge in [-0.2, -0.15) is 9.97 Å². The topological polar surface area (TPSA) is 56.3 Å². The largest absolute Gasteiger partial charge is 0.360 e. The number of nitrogens with zero attached hydrogens (tertiary/aromatic N) is 4. The molecule has 2 saturated heterocycles. The van der Waals surface area contributed by atoms with Crippen LogP contribution in [0.15, 0.2) is 6.07 Å². The lowest BCUT2D eigenvalue weighted by molar-refractivity contribution is 0.436. The Morgan fingerprint density at radius 2 is 1.40 bits per heavy atom. The molecule has 2 N–H and O–H groups in total. The van der Waals surface area contributed by atoms with E-state index in [1.165, 1.54) is 70.6 Å². The molecule has 1 saturated carbocycles. The molecule has 0 atom stereocenters. The third kappa shape index (κ3) is 5.96. The lowest BCUT2D eigenvalue weighted by Gasteiger charge is -2.33. The van der Waals surface area contributed by atoms with Gasteiger partial charge in [0.15, 0.2) is 5.11 Å². The second kappa shape index (κ2) is 10.6. The molecule has 0 spiro atoms. The van der Waals surface area contributed by atoms with Gasteiger partial charge in [-0.15, -0.1) is 0 Å². The fourth-order valence-electron chi connectivity index (χ4n) is 4.91. The summed E-state index contributed by atoms with van der Waals surface area (Å²) >= 11 is 5.65. The molecule has 30 heavy (non-hydrogen) atoms. The maximum Gasteiger partial charge on any atom is 0.232 e. The molecule has 3 aliphatic rings. The zero-order valence-electron chi connectivity index (χ0n) is 18.5. The Morgan fingerprint density at radius 3 is 2.03 bits per heavy atom. The predicted octanol–water partition coefficient (Wildman–Crippen LogP) is 4.71. The van der Waals surface area contributed by atoms with Crippen LogP contribution in [0.4, 0.5) is 17.6 Å². The first-order valence-corrected chi connectivity index (χ1v) is 12.5. The number of hydrogen-bond donors (Lipinski definition) is 2. The minimum atomic E-state index is 0.473. The highest BCUT2D eigenvalue weighted by Crippen LogP contribution is 2.27. The molecule has 0 aromatic carbocycles. The van der Waals surface area contributed by atoms with Gasteiger partial charge >= 0.3 is 0 Å². The van der Waals surface area contributed by atoms with Gasteiger partial charge in [0.05, 0.1) is 0 Å². The first-order chi connectivity index (χ1) is 14.7. The van der Waals surface area contributed by atoms with Crippen molar-refractivity contribution in [1.29, 1.82) is 0 Å². The molecule has 1 aromatic rings. The van der Waals surface area contributed by atoms with Gasteiger partial charge in [-0.05, 0) is 63.1 Å². The molecule has 6 nitrogen and oxygen atoms in total. The van der Waals surface area contributed by atoms with Crippen LogP contribution in [0.2, 0.25) is 0 Å². The number of piperidine rings is 2. The predicted molar refractivity (Wildman–Crippen MR) is 130 cm³/mol. The van der Waals surface area contributed by atoms with E-state index in [1.807, 2.05) is 0 Å². The summed E-state index contributed by atoms with van der Waals surface area (Å²) in [4.78, 5) is 14.6. The van der Waals surface area contributed by atoms with Crippen LogP contribution in [0.1, 0.15) is 77.6 Å². The van der Waals surface area contributed by atoms with Gasteiger partial charge in [-0.25, -0.2) is 0 Å². The van der Waals surface area contributed by atoms with Crippen molar-refractivity contribution in [2.45, 2.75) is 83.6 Å². The van der Waals surface area contributed by atoms with Crippen molar-refractivity contribution < 1.29 is 0 Å². The van der Waals surface area contributed by atoms with Crippen molar-refractivity contribution in [3.8, 4) is 0 Å².